The van der Waals surface area contributed by atoms with E-state index < -0.39 is 39.4 Å². The van der Waals surface area contributed by atoms with E-state index in [1.165, 1.54) is 12.8 Å². The van der Waals surface area contributed by atoms with Crippen molar-refractivity contribution in [1.82, 2.24) is 9.13 Å². The van der Waals surface area contributed by atoms with E-state index in [1.807, 2.05) is 6.66 Å². The monoisotopic (exact) mass is 664 g/mol. The van der Waals surface area contributed by atoms with Crippen LogP contribution in [0.5, 0.6) is 0 Å². The van der Waals surface area contributed by atoms with Gasteiger partial charge in [-0.1, -0.05) is 0 Å². The van der Waals surface area contributed by atoms with Crippen LogP contribution in [0.15, 0.2) is 41.4 Å². The van der Waals surface area contributed by atoms with Crippen LogP contribution < -0.4 is 0 Å². The number of halogens is 2. The molecule has 0 aromatic carbocycles. The van der Waals surface area contributed by atoms with Gasteiger partial charge in [-0.15, -0.1) is 0 Å². The normalized spacial score (nSPS) is 16.9. The molecule has 2 nitrogen and oxygen atoms in total. The Hall–Kier alpha value is 0.0439. The molecule has 0 heterocycles. The van der Waals surface area contributed by atoms with Gasteiger partial charge in [0.05, 0.1) is 0 Å². The Balaban J connectivity index is 0.00000512. The first-order valence-corrected chi connectivity index (χ1v) is 21.9. The molecule has 2 aliphatic carbocycles. The fourth-order valence-electron chi connectivity index (χ4n) is 6.63. The SMILES string of the molecule is CC(C)N(C(C)C)[Si](C)(C)C1=[C]([Hf][C]2=C([Si](C)(C)N(C(C)C)C(C)C)C=CC2)CC=C1.F.F. The molecule has 0 radical (unpaired) electrons. The second-order valence-corrected chi connectivity index (χ2v) is 25.0. The van der Waals surface area contributed by atoms with Gasteiger partial charge in [-0.25, -0.2) is 0 Å². The number of nitrogens with zero attached hydrogens (tertiary/aromatic N) is 2. The predicted octanol–water partition coefficient (Wildman–Crippen LogP) is 7.53. The molecule has 0 saturated heterocycles. The minimum absolute atomic E-state index is 0. The zero-order chi connectivity index (χ0) is 23.7. The molecule has 0 aromatic rings. The van der Waals surface area contributed by atoms with Crippen LogP contribution in [0.2, 0.25) is 26.2 Å². The van der Waals surface area contributed by atoms with Gasteiger partial charge in [0.25, 0.3) is 0 Å². The van der Waals surface area contributed by atoms with E-state index in [-0.39, 0.29) is 9.41 Å². The fraction of sp³-hybridized carbons (Fsp3) is 0.692. The van der Waals surface area contributed by atoms with E-state index in [0.717, 1.165) is 0 Å². The van der Waals surface area contributed by atoms with Crippen molar-refractivity contribution in [3.8, 4) is 0 Å². The largest absolute Gasteiger partial charge is 0.269 e. The zero-order valence-electron chi connectivity index (χ0n) is 23.2. The average Bonchev–Trinajstić information content (AvgIpc) is 3.22. The second kappa shape index (κ2) is 12.8. The molecule has 2 rings (SSSR count). The molecule has 190 valence electrons. The third-order valence-corrected chi connectivity index (χ3v) is 22.6. The molecule has 33 heavy (non-hydrogen) atoms. The molecule has 0 aromatic heterocycles. The molecule has 2 aliphatic rings. The fourth-order valence-corrected chi connectivity index (χ4v) is 27.2. The summed E-state index contributed by atoms with van der Waals surface area (Å²) in [5, 5.41) is 3.56. The number of hydrogen-bond donors (Lipinski definition) is 0. The summed E-state index contributed by atoms with van der Waals surface area (Å²) >= 11 is -1.03. The molecule has 0 aliphatic heterocycles. The van der Waals surface area contributed by atoms with E-state index >= 15 is 0 Å². The maximum Gasteiger partial charge on any atom is -0.269 e. The summed E-state index contributed by atoms with van der Waals surface area (Å²) in [6, 6.07) is 2.44. The van der Waals surface area contributed by atoms with E-state index in [2.05, 4.69) is 115 Å². The molecular weight excluding hydrogens is 613 g/mol. The molecule has 0 spiro atoms. The Morgan fingerprint density at radius 2 is 0.879 bits per heavy atom. The minimum atomic E-state index is -1.65. The van der Waals surface area contributed by atoms with Crippen LogP contribution in [-0.4, -0.2) is 49.8 Å². The standard InChI is InChI=1S/2C13H24NSi.2FH.Hf/c2*1-11(2)14(12(3)4)15(5,6)13-9-7-8-10-13;;;/h2*7,9,11-12H,8H2,1-6H3;2*1H;. The topological polar surface area (TPSA) is 6.48 Å². The van der Waals surface area contributed by atoms with Crippen LogP contribution in [0.1, 0.15) is 68.2 Å². The van der Waals surface area contributed by atoms with Gasteiger partial charge >= 0.3 is 208 Å². The van der Waals surface area contributed by atoms with E-state index in [1.54, 1.807) is 10.4 Å². The first-order chi connectivity index (χ1) is 14.2. The number of hydrogen-bond acceptors (Lipinski definition) is 2. The van der Waals surface area contributed by atoms with E-state index in [9.17, 15) is 0 Å². The van der Waals surface area contributed by atoms with Crippen molar-refractivity contribution in [1.29, 1.82) is 0 Å². The summed E-state index contributed by atoms with van der Waals surface area (Å²) in [7, 11) is -3.31. The predicted molar refractivity (Wildman–Crippen MR) is 146 cm³/mol. The van der Waals surface area contributed by atoms with Crippen molar-refractivity contribution in [2.24, 2.45) is 0 Å². The van der Waals surface area contributed by atoms with Gasteiger partial charge in [-0.05, 0) is 0 Å². The van der Waals surface area contributed by atoms with Gasteiger partial charge in [0.2, 0.25) is 0 Å². The van der Waals surface area contributed by atoms with Crippen molar-refractivity contribution in [2.75, 3.05) is 0 Å². The van der Waals surface area contributed by atoms with Gasteiger partial charge in [-0.2, -0.15) is 0 Å². The summed E-state index contributed by atoms with van der Waals surface area (Å²) in [6.45, 7) is 29.5. The Morgan fingerprint density at radius 3 is 1.12 bits per heavy atom. The summed E-state index contributed by atoms with van der Waals surface area (Å²) in [4.78, 5) is 0. The molecular formula is C26H50F2HfN2Si2. The van der Waals surface area contributed by atoms with Gasteiger partial charge in [-0.3, -0.25) is 9.41 Å². The molecule has 7 heteroatoms. The quantitative estimate of drug-likeness (QED) is 0.223. The molecule has 0 bridgehead atoms. The number of rotatable bonds is 10. The van der Waals surface area contributed by atoms with E-state index in [4.69, 9.17) is 0 Å². The van der Waals surface area contributed by atoms with Crippen molar-refractivity contribution < 1.29 is 32.3 Å². The number of allylic oxidation sites excluding steroid dienone is 8. The molecule has 0 atom stereocenters. The summed E-state index contributed by atoms with van der Waals surface area (Å²) < 4.78 is 9.48. The van der Waals surface area contributed by atoms with Crippen LogP contribution in [0.3, 0.4) is 0 Å². The molecule has 0 N–H and O–H groups in total. The van der Waals surface area contributed by atoms with Crippen LogP contribution in [0.25, 0.3) is 0 Å². The van der Waals surface area contributed by atoms with Gasteiger partial charge in [0, 0.05) is 0 Å². The van der Waals surface area contributed by atoms with Crippen molar-refractivity contribution in [3.63, 3.8) is 0 Å². The Labute approximate surface area is 216 Å². The first kappa shape index (κ1) is 33.0. The van der Waals surface area contributed by atoms with Crippen LogP contribution in [0, 0.1) is 0 Å². The maximum absolute atomic E-state index is 2.85. The van der Waals surface area contributed by atoms with Gasteiger partial charge in [0.1, 0.15) is 0 Å². The zero-order valence-corrected chi connectivity index (χ0v) is 28.8. The molecule has 0 saturated carbocycles. The second-order valence-electron chi connectivity index (χ2n) is 11.4. The van der Waals surface area contributed by atoms with E-state index in [0.29, 0.717) is 24.2 Å². The Morgan fingerprint density at radius 1 is 0.606 bits per heavy atom. The van der Waals surface area contributed by atoms with Crippen molar-refractivity contribution >= 4 is 16.5 Å². The Kier molecular flexibility index (Phi) is 12.9. The molecule has 0 unspecified atom stereocenters. The molecule has 0 fully saturated rings. The summed E-state index contributed by atoms with van der Waals surface area (Å²) in [5.74, 6) is 0. The third-order valence-electron chi connectivity index (χ3n) is 7.00. The van der Waals surface area contributed by atoms with Crippen molar-refractivity contribution in [2.45, 2.75) is 119 Å². The Bertz CT molecular complexity index is 701. The minimum Gasteiger partial charge on any atom is -0.269 e. The average molecular weight is 663 g/mol. The third kappa shape index (κ3) is 7.05. The van der Waals surface area contributed by atoms with Gasteiger partial charge in [0.15, 0.2) is 0 Å². The van der Waals surface area contributed by atoms with Crippen LogP contribution >= 0.6 is 0 Å². The first-order valence-electron chi connectivity index (χ1n) is 12.4. The smallest absolute Gasteiger partial charge is 0.269 e. The van der Waals surface area contributed by atoms with Crippen LogP contribution in [-0.2, 0) is 22.9 Å². The maximum atomic E-state index is 2.85. The summed E-state index contributed by atoms with van der Waals surface area (Å²) in [5.41, 5.74) is 0. The van der Waals surface area contributed by atoms with Gasteiger partial charge < -0.3 is 0 Å². The molecule has 0 amide bonds. The van der Waals surface area contributed by atoms with Crippen molar-refractivity contribution in [3.05, 3.63) is 41.4 Å². The summed E-state index contributed by atoms with van der Waals surface area (Å²) in [6.07, 6.45) is 12.5. The van der Waals surface area contributed by atoms with Crippen LogP contribution in [0.4, 0.5) is 9.41 Å².